The highest BCUT2D eigenvalue weighted by Gasteiger charge is 2.15. The Morgan fingerprint density at radius 1 is 1.24 bits per heavy atom. The minimum absolute atomic E-state index is 0.238. The first kappa shape index (κ1) is 13.8. The molecule has 0 fully saturated rings. The number of thioether (sulfide) groups is 1. The Labute approximate surface area is 125 Å². The second-order valence-electron chi connectivity index (χ2n) is 4.34. The highest BCUT2D eigenvalue weighted by Crippen LogP contribution is 2.35. The second-order valence-corrected chi connectivity index (χ2v) is 5.39. The van der Waals surface area contributed by atoms with Gasteiger partial charge in [0.25, 0.3) is 0 Å². The number of benzene rings is 1. The first-order valence-electron chi connectivity index (χ1n) is 6.37. The smallest absolute Gasteiger partial charge is 0.301 e. The minimum atomic E-state index is -0.433. The number of nitrogens with one attached hydrogen (secondary N) is 1. The average Bonchev–Trinajstić information content (AvgIpc) is 3.00. The molecule has 0 radical (unpaired) electrons. The van der Waals surface area contributed by atoms with E-state index in [9.17, 15) is 4.79 Å². The summed E-state index contributed by atoms with van der Waals surface area (Å²) >= 11 is 1.58. The lowest BCUT2D eigenvalue weighted by molar-refractivity contribution is 0.0925. The van der Waals surface area contributed by atoms with Gasteiger partial charge >= 0.3 is 5.91 Å². The summed E-state index contributed by atoms with van der Waals surface area (Å²) in [6.07, 6.45) is 1.48. The van der Waals surface area contributed by atoms with Crippen molar-refractivity contribution in [3.05, 3.63) is 41.9 Å². The van der Waals surface area contributed by atoms with Gasteiger partial charge in [0, 0.05) is 16.2 Å². The highest BCUT2D eigenvalue weighted by atomic mass is 32.2. The summed E-state index contributed by atoms with van der Waals surface area (Å²) in [6, 6.07) is 7.54. The van der Waals surface area contributed by atoms with Crippen molar-refractivity contribution in [1.29, 1.82) is 0 Å². The van der Waals surface area contributed by atoms with Crippen LogP contribution < -0.4 is 20.7 Å². The van der Waals surface area contributed by atoms with E-state index in [2.05, 4.69) is 5.43 Å². The van der Waals surface area contributed by atoms with E-state index in [-0.39, 0.29) is 5.76 Å². The molecule has 110 valence electrons. The van der Waals surface area contributed by atoms with Crippen molar-refractivity contribution in [2.75, 3.05) is 13.2 Å². The van der Waals surface area contributed by atoms with Crippen LogP contribution in [0.1, 0.15) is 16.1 Å². The van der Waals surface area contributed by atoms with Crippen molar-refractivity contribution < 1.29 is 18.7 Å². The number of nitrogens with two attached hydrogens (primary N) is 1. The van der Waals surface area contributed by atoms with Crippen molar-refractivity contribution in [2.24, 2.45) is 5.84 Å². The summed E-state index contributed by atoms with van der Waals surface area (Å²) in [5, 5.41) is 0. The first-order chi connectivity index (χ1) is 10.3. The molecule has 0 spiro atoms. The normalized spacial score (nSPS) is 13.0. The average molecular weight is 306 g/mol. The van der Waals surface area contributed by atoms with Crippen molar-refractivity contribution in [3.8, 4) is 11.5 Å². The Balaban J connectivity index is 1.71. The number of ether oxygens (including phenoxy) is 2. The molecule has 0 unspecified atom stereocenters. The molecule has 0 atom stereocenters. The van der Waals surface area contributed by atoms with E-state index >= 15 is 0 Å². The van der Waals surface area contributed by atoms with Crippen LogP contribution in [0.15, 0.2) is 39.8 Å². The fourth-order valence-electron chi connectivity index (χ4n) is 1.99. The molecular weight excluding hydrogens is 292 g/mol. The number of fused-ring (bicyclic) bond motifs is 1. The number of hydrogen-bond donors (Lipinski definition) is 2. The van der Waals surface area contributed by atoms with Crippen LogP contribution >= 0.6 is 11.8 Å². The Morgan fingerprint density at radius 2 is 2.05 bits per heavy atom. The number of rotatable bonds is 4. The summed E-state index contributed by atoms with van der Waals surface area (Å²) in [4.78, 5) is 12.5. The van der Waals surface area contributed by atoms with E-state index in [1.807, 2.05) is 18.2 Å². The quantitative estimate of drug-likeness (QED) is 0.388. The maximum Gasteiger partial charge on any atom is 0.301 e. The third kappa shape index (κ3) is 2.98. The molecule has 1 aromatic heterocycles. The van der Waals surface area contributed by atoms with Crippen LogP contribution in [0.3, 0.4) is 0 Å². The van der Waals surface area contributed by atoms with Gasteiger partial charge in [0.1, 0.15) is 13.2 Å². The summed E-state index contributed by atoms with van der Waals surface area (Å²) in [5.74, 6) is 7.03. The van der Waals surface area contributed by atoms with Crippen LogP contribution in [-0.2, 0) is 5.75 Å². The number of hydrogen-bond acceptors (Lipinski definition) is 6. The molecule has 1 amide bonds. The molecule has 0 bridgehead atoms. The summed E-state index contributed by atoms with van der Waals surface area (Å²) < 4.78 is 16.2. The standard InChI is InChI=1S/C14H14N2O4S/c15-16-14(17)13-9(3-4-20-13)8-21-10-1-2-11-12(7-10)19-6-5-18-11/h1-4,7H,5-6,8,15H2,(H,16,17). The number of hydrazine groups is 1. The lowest BCUT2D eigenvalue weighted by Crippen LogP contribution is -2.30. The Bertz CT molecular complexity index is 656. The van der Waals surface area contributed by atoms with Gasteiger partial charge in [0.15, 0.2) is 17.3 Å². The van der Waals surface area contributed by atoms with Crippen LogP contribution in [0.5, 0.6) is 11.5 Å². The van der Waals surface area contributed by atoms with Gasteiger partial charge in [-0.2, -0.15) is 0 Å². The van der Waals surface area contributed by atoms with Crippen LogP contribution in [-0.4, -0.2) is 19.1 Å². The molecule has 2 heterocycles. The number of furan rings is 1. The maximum absolute atomic E-state index is 11.5. The first-order valence-corrected chi connectivity index (χ1v) is 7.36. The third-order valence-corrected chi connectivity index (χ3v) is 4.03. The SMILES string of the molecule is NNC(=O)c1occc1CSc1ccc2c(c1)OCCO2. The van der Waals surface area contributed by atoms with Crippen molar-refractivity contribution in [2.45, 2.75) is 10.6 Å². The zero-order chi connectivity index (χ0) is 14.7. The highest BCUT2D eigenvalue weighted by molar-refractivity contribution is 7.98. The number of amides is 1. The Kier molecular flexibility index (Phi) is 4.03. The predicted molar refractivity (Wildman–Crippen MR) is 77.4 cm³/mol. The molecule has 2 aromatic rings. The van der Waals surface area contributed by atoms with Crippen LogP contribution in [0.2, 0.25) is 0 Å². The van der Waals surface area contributed by atoms with Gasteiger partial charge in [-0.15, -0.1) is 11.8 Å². The lowest BCUT2D eigenvalue weighted by Gasteiger charge is -2.18. The predicted octanol–water partition coefficient (Wildman–Crippen LogP) is 1.95. The monoisotopic (exact) mass is 306 g/mol. The second kappa shape index (κ2) is 6.11. The van der Waals surface area contributed by atoms with Crippen molar-refractivity contribution >= 4 is 17.7 Å². The molecular formula is C14H14N2O4S. The molecule has 7 heteroatoms. The molecule has 3 rings (SSSR count). The van der Waals surface area contributed by atoms with Crippen LogP contribution in [0.4, 0.5) is 0 Å². The number of carbonyl (C=O) groups excluding carboxylic acids is 1. The van der Waals surface area contributed by atoms with E-state index in [1.165, 1.54) is 6.26 Å². The number of carbonyl (C=O) groups is 1. The molecule has 1 aromatic carbocycles. The largest absolute Gasteiger partial charge is 0.486 e. The summed E-state index contributed by atoms with van der Waals surface area (Å²) in [5.41, 5.74) is 2.86. The molecule has 0 aliphatic carbocycles. The fraction of sp³-hybridized carbons (Fsp3) is 0.214. The van der Waals surface area contributed by atoms with Gasteiger partial charge in [-0.3, -0.25) is 10.2 Å². The molecule has 0 saturated carbocycles. The third-order valence-electron chi connectivity index (χ3n) is 2.99. The summed E-state index contributed by atoms with van der Waals surface area (Å²) in [6.45, 7) is 1.13. The molecule has 1 aliphatic rings. The van der Waals surface area contributed by atoms with Crippen molar-refractivity contribution in [3.63, 3.8) is 0 Å². The molecule has 0 saturated heterocycles. The minimum Gasteiger partial charge on any atom is -0.486 e. The van der Waals surface area contributed by atoms with Gasteiger partial charge in [0.05, 0.1) is 6.26 Å². The fourth-order valence-corrected chi connectivity index (χ4v) is 2.89. The van der Waals surface area contributed by atoms with Gasteiger partial charge in [-0.25, -0.2) is 5.84 Å². The lowest BCUT2D eigenvalue weighted by atomic mass is 10.3. The van der Waals surface area contributed by atoms with E-state index in [0.717, 1.165) is 22.0 Å². The molecule has 21 heavy (non-hydrogen) atoms. The Morgan fingerprint density at radius 3 is 2.86 bits per heavy atom. The maximum atomic E-state index is 11.5. The van der Waals surface area contributed by atoms with E-state index in [4.69, 9.17) is 19.7 Å². The van der Waals surface area contributed by atoms with Gasteiger partial charge in [-0.1, -0.05) is 0 Å². The van der Waals surface area contributed by atoms with Crippen molar-refractivity contribution in [1.82, 2.24) is 5.43 Å². The molecule has 6 nitrogen and oxygen atoms in total. The Hall–Kier alpha value is -2.12. The van der Waals surface area contributed by atoms with E-state index < -0.39 is 5.91 Å². The van der Waals surface area contributed by atoms with E-state index in [0.29, 0.717) is 19.0 Å². The van der Waals surface area contributed by atoms with Crippen LogP contribution in [0, 0.1) is 0 Å². The summed E-state index contributed by atoms with van der Waals surface area (Å²) in [7, 11) is 0. The molecule has 1 aliphatic heterocycles. The molecule has 3 N–H and O–H groups in total. The van der Waals surface area contributed by atoms with Gasteiger partial charge < -0.3 is 13.9 Å². The van der Waals surface area contributed by atoms with E-state index in [1.54, 1.807) is 17.8 Å². The zero-order valence-electron chi connectivity index (χ0n) is 11.1. The van der Waals surface area contributed by atoms with Crippen LogP contribution in [0.25, 0.3) is 0 Å². The number of nitrogen functional groups attached to an aromatic ring is 1. The topological polar surface area (TPSA) is 86.7 Å². The van der Waals surface area contributed by atoms with Gasteiger partial charge in [-0.05, 0) is 24.3 Å². The zero-order valence-corrected chi connectivity index (χ0v) is 11.9. The van der Waals surface area contributed by atoms with Gasteiger partial charge in [0.2, 0.25) is 0 Å².